The van der Waals surface area contributed by atoms with Crippen LogP contribution in [0.2, 0.25) is 0 Å². The Morgan fingerprint density at radius 1 is 1.19 bits per heavy atom. The first-order valence-corrected chi connectivity index (χ1v) is 6.86. The van der Waals surface area contributed by atoms with Crippen molar-refractivity contribution in [3.8, 4) is 11.1 Å². The Bertz CT molecular complexity index is 423. The summed E-state index contributed by atoms with van der Waals surface area (Å²) in [5.41, 5.74) is 2.43. The zero-order chi connectivity index (χ0) is 11.2. The summed E-state index contributed by atoms with van der Waals surface area (Å²) in [5, 5.41) is 4.37. The lowest BCUT2D eigenvalue weighted by molar-refractivity contribution is 0.606. The molecule has 0 unspecified atom stereocenters. The Labute approximate surface area is 101 Å². The highest BCUT2D eigenvalue weighted by Gasteiger charge is 2.00. The number of aromatic nitrogens is 2. The molecule has 0 bridgehead atoms. The van der Waals surface area contributed by atoms with Gasteiger partial charge in [0.25, 0.3) is 0 Å². The molecule has 0 aliphatic carbocycles. The van der Waals surface area contributed by atoms with Gasteiger partial charge in [-0.1, -0.05) is 30.3 Å². The molecule has 0 fully saturated rings. The fourth-order valence-electron chi connectivity index (χ4n) is 1.64. The zero-order valence-electron chi connectivity index (χ0n) is 9.47. The van der Waals surface area contributed by atoms with E-state index in [1.165, 1.54) is 23.3 Å². The molecule has 16 heavy (non-hydrogen) atoms. The predicted molar refractivity (Wildman–Crippen MR) is 70.7 cm³/mol. The van der Waals surface area contributed by atoms with Gasteiger partial charge >= 0.3 is 0 Å². The number of benzene rings is 1. The monoisotopic (exact) mass is 232 g/mol. The smallest absolute Gasteiger partial charge is 0.0568 e. The van der Waals surface area contributed by atoms with Crippen LogP contribution >= 0.6 is 11.8 Å². The van der Waals surface area contributed by atoms with Crippen LogP contribution in [0.25, 0.3) is 11.1 Å². The minimum atomic E-state index is 1.01. The van der Waals surface area contributed by atoms with Gasteiger partial charge in [-0.05, 0) is 24.0 Å². The first kappa shape index (κ1) is 11.3. The normalized spacial score (nSPS) is 10.6. The molecule has 0 aliphatic heterocycles. The van der Waals surface area contributed by atoms with Crippen LogP contribution in [0.15, 0.2) is 42.7 Å². The van der Waals surface area contributed by atoms with E-state index in [9.17, 15) is 0 Å². The van der Waals surface area contributed by atoms with Crippen molar-refractivity contribution in [3.05, 3.63) is 42.7 Å². The van der Waals surface area contributed by atoms with Crippen LogP contribution in [0.3, 0.4) is 0 Å². The van der Waals surface area contributed by atoms with E-state index < -0.39 is 0 Å². The molecule has 0 spiro atoms. The first-order chi connectivity index (χ1) is 7.90. The van der Waals surface area contributed by atoms with Crippen LogP contribution in [-0.4, -0.2) is 21.8 Å². The van der Waals surface area contributed by atoms with Crippen molar-refractivity contribution in [2.75, 3.05) is 12.0 Å². The summed E-state index contributed by atoms with van der Waals surface area (Å²) in [7, 11) is 0. The van der Waals surface area contributed by atoms with Gasteiger partial charge in [0.05, 0.1) is 6.20 Å². The van der Waals surface area contributed by atoms with Gasteiger partial charge in [-0.3, -0.25) is 4.68 Å². The molecule has 0 saturated heterocycles. The van der Waals surface area contributed by atoms with Crippen molar-refractivity contribution in [1.29, 1.82) is 0 Å². The molecule has 0 amide bonds. The standard InChI is InChI=1S/C13H16N2S/c1-16-9-5-8-15-11-13(10-14-15)12-6-3-2-4-7-12/h2-4,6-7,10-11H,5,8-9H2,1H3. The molecule has 1 aromatic heterocycles. The molecule has 2 aromatic rings. The minimum absolute atomic E-state index is 1.01. The Hall–Kier alpha value is -1.22. The van der Waals surface area contributed by atoms with E-state index in [4.69, 9.17) is 0 Å². The zero-order valence-corrected chi connectivity index (χ0v) is 10.3. The lowest BCUT2D eigenvalue weighted by Crippen LogP contribution is -1.98. The highest BCUT2D eigenvalue weighted by atomic mass is 32.2. The van der Waals surface area contributed by atoms with Gasteiger partial charge in [-0.25, -0.2) is 0 Å². The highest BCUT2D eigenvalue weighted by Crippen LogP contribution is 2.17. The van der Waals surface area contributed by atoms with Gasteiger partial charge in [0, 0.05) is 18.3 Å². The molecule has 0 atom stereocenters. The average molecular weight is 232 g/mol. The third-order valence-electron chi connectivity index (χ3n) is 2.48. The topological polar surface area (TPSA) is 17.8 Å². The SMILES string of the molecule is CSCCCn1cc(-c2ccccc2)cn1. The molecule has 3 heteroatoms. The molecule has 1 aromatic carbocycles. The van der Waals surface area contributed by atoms with Gasteiger partial charge in [0.1, 0.15) is 0 Å². The molecule has 84 valence electrons. The van der Waals surface area contributed by atoms with Gasteiger partial charge in [-0.15, -0.1) is 0 Å². The predicted octanol–water partition coefficient (Wildman–Crippen LogP) is 3.30. The van der Waals surface area contributed by atoms with Gasteiger partial charge < -0.3 is 0 Å². The van der Waals surface area contributed by atoms with E-state index in [1.54, 1.807) is 0 Å². The van der Waals surface area contributed by atoms with Crippen LogP contribution in [0.4, 0.5) is 0 Å². The number of hydrogen-bond donors (Lipinski definition) is 0. The summed E-state index contributed by atoms with van der Waals surface area (Å²) < 4.78 is 2.03. The second-order valence-corrected chi connectivity index (χ2v) is 4.69. The molecule has 2 nitrogen and oxygen atoms in total. The molecular formula is C13H16N2S. The second kappa shape index (κ2) is 5.75. The van der Waals surface area contributed by atoms with Crippen molar-refractivity contribution in [1.82, 2.24) is 9.78 Å². The van der Waals surface area contributed by atoms with Gasteiger partial charge in [0.2, 0.25) is 0 Å². The number of hydrogen-bond acceptors (Lipinski definition) is 2. The summed E-state index contributed by atoms with van der Waals surface area (Å²) in [4.78, 5) is 0. The van der Waals surface area contributed by atoms with Crippen LogP contribution in [0.5, 0.6) is 0 Å². The van der Waals surface area contributed by atoms with Crippen molar-refractivity contribution >= 4 is 11.8 Å². The fraction of sp³-hybridized carbons (Fsp3) is 0.308. The maximum atomic E-state index is 4.37. The summed E-state index contributed by atoms with van der Waals surface area (Å²) in [6.07, 6.45) is 7.37. The molecule has 0 radical (unpaired) electrons. The molecule has 0 aliphatic rings. The Morgan fingerprint density at radius 3 is 2.75 bits per heavy atom. The van der Waals surface area contributed by atoms with Crippen LogP contribution in [-0.2, 0) is 6.54 Å². The third-order valence-corrected chi connectivity index (χ3v) is 3.17. The number of thioether (sulfide) groups is 1. The number of rotatable bonds is 5. The van der Waals surface area contributed by atoms with Gasteiger partial charge in [-0.2, -0.15) is 16.9 Å². The summed E-state index contributed by atoms with van der Waals surface area (Å²) in [5.74, 6) is 1.19. The van der Waals surface area contributed by atoms with Crippen molar-refractivity contribution in [3.63, 3.8) is 0 Å². The first-order valence-electron chi connectivity index (χ1n) is 5.47. The van der Waals surface area contributed by atoms with Crippen molar-refractivity contribution < 1.29 is 0 Å². The van der Waals surface area contributed by atoms with E-state index in [1.807, 2.05) is 28.7 Å². The van der Waals surface area contributed by atoms with Crippen LogP contribution in [0, 0.1) is 0 Å². The maximum Gasteiger partial charge on any atom is 0.0568 e. The Kier molecular flexibility index (Phi) is 4.05. The Morgan fingerprint density at radius 2 is 2.00 bits per heavy atom. The lowest BCUT2D eigenvalue weighted by atomic mass is 10.1. The van der Waals surface area contributed by atoms with Crippen molar-refractivity contribution in [2.45, 2.75) is 13.0 Å². The van der Waals surface area contributed by atoms with E-state index in [0.717, 1.165) is 6.54 Å². The summed E-state index contributed by atoms with van der Waals surface area (Å²) in [6, 6.07) is 10.4. The number of nitrogens with zero attached hydrogens (tertiary/aromatic N) is 2. The molecule has 2 rings (SSSR count). The largest absolute Gasteiger partial charge is 0.272 e. The fourth-order valence-corrected chi connectivity index (χ4v) is 2.05. The van der Waals surface area contributed by atoms with Crippen LogP contribution < -0.4 is 0 Å². The molecule has 0 N–H and O–H groups in total. The van der Waals surface area contributed by atoms with Crippen molar-refractivity contribution in [2.24, 2.45) is 0 Å². The van der Waals surface area contributed by atoms with E-state index in [2.05, 4.69) is 41.8 Å². The highest BCUT2D eigenvalue weighted by molar-refractivity contribution is 7.98. The second-order valence-electron chi connectivity index (χ2n) is 3.70. The van der Waals surface area contributed by atoms with E-state index >= 15 is 0 Å². The minimum Gasteiger partial charge on any atom is -0.272 e. The van der Waals surface area contributed by atoms with Crippen LogP contribution in [0.1, 0.15) is 6.42 Å². The van der Waals surface area contributed by atoms with Gasteiger partial charge in [0.15, 0.2) is 0 Å². The number of aryl methyl sites for hydroxylation is 1. The lowest BCUT2D eigenvalue weighted by Gasteiger charge is -1.99. The van der Waals surface area contributed by atoms with E-state index in [0.29, 0.717) is 0 Å². The molecular weight excluding hydrogens is 216 g/mol. The molecule has 0 saturated carbocycles. The Balaban J connectivity index is 2.02. The molecule has 1 heterocycles. The average Bonchev–Trinajstić information content (AvgIpc) is 2.79. The maximum absolute atomic E-state index is 4.37. The summed E-state index contributed by atoms with van der Waals surface area (Å²) in [6.45, 7) is 1.01. The summed E-state index contributed by atoms with van der Waals surface area (Å²) >= 11 is 1.88. The van der Waals surface area contributed by atoms with E-state index in [-0.39, 0.29) is 0 Å². The quantitative estimate of drug-likeness (QED) is 0.736. The third kappa shape index (κ3) is 2.89.